The highest BCUT2D eigenvalue weighted by atomic mass is 32.1. The van der Waals surface area contributed by atoms with E-state index >= 15 is 0 Å². The van der Waals surface area contributed by atoms with Crippen molar-refractivity contribution in [3.63, 3.8) is 0 Å². The minimum absolute atomic E-state index is 0.00507. The highest BCUT2D eigenvalue weighted by molar-refractivity contribution is 7.15. The quantitative estimate of drug-likeness (QED) is 0.787. The molecule has 2 heterocycles. The molecule has 1 aromatic carbocycles. The minimum Gasteiger partial charge on any atom is -0.484 e. The van der Waals surface area contributed by atoms with Gasteiger partial charge in [-0.1, -0.05) is 6.07 Å². The van der Waals surface area contributed by atoms with Gasteiger partial charge in [-0.05, 0) is 37.1 Å². The normalized spacial score (nSPS) is 10.8. The van der Waals surface area contributed by atoms with Crippen LogP contribution < -0.4 is 10.1 Å². The minimum atomic E-state index is -0.157. The van der Waals surface area contributed by atoms with Crippen LogP contribution in [-0.2, 0) is 11.3 Å². The van der Waals surface area contributed by atoms with Crippen LogP contribution in [0.25, 0.3) is 4.96 Å². The topological polar surface area (TPSA) is 55.6 Å². The summed E-state index contributed by atoms with van der Waals surface area (Å²) in [5.41, 5.74) is 3.08. The molecule has 3 rings (SSSR count). The number of rotatable bonds is 5. The van der Waals surface area contributed by atoms with E-state index in [1.54, 1.807) is 11.3 Å². The number of carbonyl (C=O) groups is 1. The Morgan fingerprint density at radius 1 is 1.32 bits per heavy atom. The van der Waals surface area contributed by atoms with Crippen LogP contribution in [0, 0.1) is 13.8 Å². The van der Waals surface area contributed by atoms with Crippen molar-refractivity contribution in [2.75, 3.05) is 6.61 Å². The second kappa shape index (κ2) is 6.19. The summed E-state index contributed by atoms with van der Waals surface area (Å²) in [5, 5.41) is 4.79. The second-order valence-corrected chi connectivity index (χ2v) is 6.09. The zero-order valence-corrected chi connectivity index (χ0v) is 13.3. The third kappa shape index (κ3) is 3.46. The fourth-order valence-corrected chi connectivity index (χ4v) is 2.99. The Labute approximate surface area is 132 Å². The Morgan fingerprint density at radius 2 is 2.09 bits per heavy atom. The molecule has 1 N–H and O–H groups in total. The van der Waals surface area contributed by atoms with Crippen LogP contribution in [0.5, 0.6) is 5.75 Å². The first-order valence-electron chi connectivity index (χ1n) is 6.99. The number of ether oxygens (including phenoxy) is 1. The van der Waals surface area contributed by atoms with Crippen molar-refractivity contribution >= 4 is 22.2 Å². The molecule has 0 radical (unpaired) electrons. The molecule has 5 nitrogen and oxygen atoms in total. The molecule has 114 valence electrons. The van der Waals surface area contributed by atoms with E-state index in [0.29, 0.717) is 6.54 Å². The molecule has 0 fully saturated rings. The maximum Gasteiger partial charge on any atom is 0.258 e. The number of nitrogens with zero attached hydrogens (tertiary/aromatic N) is 2. The number of carbonyl (C=O) groups excluding carboxylic acids is 1. The van der Waals surface area contributed by atoms with Gasteiger partial charge < -0.3 is 10.1 Å². The number of thiazole rings is 1. The van der Waals surface area contributed by atoms with E-state index in [-0.39, 0.29) is 12.5 Å². The lowest BCUT2D eigenvalue weighted by molar-refractivity contribution is -0.123. The van der Waals surface area contributed by atoms with Crippen LogP contribution in [0.15, 0.2) is 36.0 Å². The number of benzene rings is 1. The lowest BCUT2D eigenvalue weighted by atomic mass is 10.1. The number of amides is 1. The Kier molecular flexibility index (Phi) is 4.11. The van der Waals surface area contributed by atoms with Crippen LogP contribution in [0.2, 0.25) is 0 Å². The molecule has 0 saturated carbocycles. The number of nitrogens with one attached hydrogen (secondary N) is 1. The fraction of sp³-hybridized carbons (Fsp3) is 0.250. The fourth-order valence-electron chi connectivity index (χ4n) is 2.27. The van der Waals surface area contributed by atoms with E-state index in [1.165, 1.54) is 0 Å². The molecule has 1 amide bonds. The summed E-state index contributed by atoms with van der Waals surface area (Å²) < 4.78 is 7.47. The molecular weight excluding hydrogens is 298 g/mol. The molecule has 0 atom stereocenters. The smallest absolute Gasteiger partial charge is 0.258 e. The summed E-state index contributed by atoms with van der Waals surface area (Å²) in [5.74, 6) is 0.561. The molecule has 0 spiro atoms. The lowest BCUT2D eigenvalue weighted by Crippen LogP contribution is -2.28. The van der Waals surface area contributed by atoms with Gasteiger partial charge in [-0.3, -0.25) is 9.20 Å². The number of aryl methyl sites for hydroxylation is 2. The molecule has 0 unspecified atom stereocenters. The van der Waals surface area contributed by atoms with Crippen molar-refractivity contribution in [3.05, 3.63) is 52.8 Å². The van der Waals surface area contributed by atoms with E-state index in [2.05, 4.69) is 16.4 Å². The first-order valence-corrected chi connectivity index (χ1v) is 7.87. The van der Waals surface area contributed by atoms with E-state index in [1.807, 2.05) is 48.2 Å². The van der Waals surface area contributed by atoms with Crippen LogP contribution in [0.3, 0.4) is 0 Å². The Balaban J connectivity index is 1.51. The van der Waals surface area contributed by atoms with E-state index in [9.17, 15) is 4.79 Å². The van der Waals surface area contributed by atoms with Crippen molar-refractivity contribution < 1.29 is 9.53 Å². The maximum atomic E-state index is 11.8. The van der Waals surface area contributed by atoms with Crippen molar-refractivity contribution in [2.24, 2.45) is 0 Å². The monoisotopic (exact) mass is 315 g/mol. The van der Waals surface area contributed by atoms with Crippen molar-refractivity contribution in [1.82, 2.24) is 14.7 Å². The van der Waals surface area contributed by atoms with Gasteiger partial charge in [0, 0.05) is 17.8 Å². The molecule has 22 heavy (non-hydrogen) atoms. The number of hydrogen-bond acceptors (Lipinski definition) is 4. The van der Waals surface area contributed by atoms with Gasteiger partial charge in [-0.2, -0.15) is 0 Å². The van der Waals surface area contributed by atoms with Gasteiger partial charge in [0.1, 0.15) is 5.75 Å². The van der Waals surface area contributed by atoms with Gasteiger partial charge >= 0.3 is 0 Å². The zero-order valence-electron chi connectivity index (χ0n) is 12.5. The Hall–Kier alpha value is -2.34. The summed E-state index contributed by atoms with van der Waals surface area (Å²) in [6.07, 6.45) is 3.86. The van der Waals surface area contributed by atoms with E-state index in [4.69, 9.17) is 4.74 Å². The third-order valence-corrected chi connectivity index (χ3v) is 3.95. The van der Waals surface area contributed by atoms with E-state index in [0.717, 1.165) is 27.5 Å². The average molecular weight is 315 g/mol. The number of aromatic nitrogens is 2. The van der Waals surface area contributed by atoms with Gasteiger partial charge in [0.25, 0.3) is 5.91 Å². The summed E-state index contributed by atoms with van der Waals surface area (Å²) in [6, 6.07) is 5.91. The average Bonchev–Trinajstić information content (AvgIpc) is 3.02. The van der Waals surface area contributed by atoms with Crippen LogP contribution in [0.1, 0.15) is 16.8 Å². The molecule has 2 aromatic heterocycles. The van der Waals surface area contributed by atoms with Gasteiger partial charge in [0.2, 0.25) is 0 Å². The molecule has 0 bridgehead atoms. The summed E-state index contributed by atoms with van der Waals surface area (Å²) in [4.78, 5) is 17.2. The largest absolute Gasteiger partial charge is 0.484 e. The highest BCUT2D eigenvalue weighted by Crippen LogP contribution is 2.16. The van der Waals surface area contributed by atoms with Crippen molar-refractivity contribution in [2.45, 2.75) is 20.4 Å². The molecule has 0 aliphatic carbocycles. The molecule has 0 aliphatic heterocycles. The maximum absolute atomic E-state index is 11.8. The van der Waals surface area contributed by atoms with Gasteiger partial charge in [-0.25, -0.2) is 4.98 Å². The lowest BCUT2D eigenvalue weighted by Gasteiger charge is -2.08. The predicted octanol–water partition coefficient (Wildman–Crippen LogP) is 2.71. The number of hydrogen-bond donors (Lipinski definition) is 1. The van der Waals surface area contributed by atoms with Crippen LogP contribution >= 0.6 is 11.3 Å². The van der Waals surface area contributed by atoms with Crippen molar-refractivity contribution in [1.29, 1.82) is 0 Å². The predicted molar refractivity (Wildman–Crippen MR) is 86.3 cm³/mol. The standard InChI is InChI=1S/C16H17N3O2S/c1-11-5-12(2)7-14(6-11)21-10-15(20)17-8-13-9-19-3-4-22-16(19)18-13/h3-7,9H,8,10H2,1-2H3,(H,17,20). The van der Waals surface area contributed by atoms with Crippen molar-refractivity contribution in [3.8, 4) is 5.75 Å². The highest BCUT2D eigenvalue weighted by Gasteiger charge is 2.06. The zero-order chi connectivity index (χ0) is 15.5. The van der Waals surface area contributed by atoms with Crippen LogP contribution in [0.4, 0.5) is 0 Å². The summed E-state index contributed by atoms with van der Waals surface area (Å²) in [6.45, 7) is 4.42. The first-order chi connectivity index (χ1) is 10.6. The van der Waals surface area contributed by atoms with Crippen LogP contribution in [-0.4, -0.2) is 21.9 Å². The molecule has 0 saturated heterocycles. The number of fused-ring (bicyclic) bond motifs is 1. The SMILES string of the molecule is Cc1cc(C)cc(OCC(=O)NCc2cn3ccsc3n2)c1. The molecular formula is C16H17N3O2S. The van der Waals surface area contributed by atoms with Gasteiger partial charge in [0.05, 0.1) is 12.2 Å². The molecule has 0 aliphatic rings. The Bertz CT molecular complexity index is 758. The summed E-state index contributed by atoms with van der Waals surface area (Å²) >= 11 is 1.57. The molecule has 3 aromatic rings. The number of imidazole rings is 1. The van der Waals surface area contributed by atoms with E-state index < -0.39 is 0 Å². The third-order valence-electron chi connectivity index (χ3n) is 3.17. The second-order valence-electron chi connectivity index (χ2n) is 5.21. The Morgan fingerprint density at radius 3 is 2.82 bits per heavy atom. The van der Waals surface area contributed by atoms with Gasteiger partial charge in [-0.15, -0.1) is 11.3 Å². The first kappa shape index (κ1) is 14.6. The van der Waals surface area contributed by atoms with Gasteiger partial charge in [0.15, 0.2) is 11.6 Å². The summed E-state index contributed by atoms with van der Waals surface area (Å²) in [7, 11) is 0. The molecule has 6 heteroatoms.